The molecule has 1 unspecified atom stereocenters. The van der Waals surface area contributed by atoms with Crippen LogP contribution < -0.4 is 16.0 Å². The number of hydrogen-bond acceptors (Lipinski definition) is 3. The molecular weight excluding hydrogens is 238 g/mol. The molecule has 0 spiro atoms. The Bertz CT molecular complexity index is 433. The summed E-state index contributed by atoms with van der Waals surface area (Å²) in [7, 11) is 0. The van der Waals surface area contributed by atoms with Crippen molar-refractivity contribution in [3.63, 3.8) is 0 Å². The van der Waals surface area contributed by atoms with Crippen molar-refractivity contribution in [3.8, 4) is 5.75 Å². The van der Waals surface area contributed by atoms with E-state index in [4.69, 9.17) is 10.6 Å². The van der Waals surface area contributed by atoms with Gasteiger partial charge in [0.15, 0.2) is 11.6 Å². The third kappa shape index (κ3) is 4.55. The molecule has 18 heavy (non-hydrogen) atoms. The minimum Gasteiger partial charge on any atom is -0.483 e. The highest BCUT2D eigenvalue weighted by Gasteiger charge is 2.12. The third-order valence-electron chi connectivity index (χ3n) is 2.16. The zero-order chi connectivity index (χ0) is 13.4. The predicted octanol–water partition coefficient (Wildman–Crippen LogP) is 2.81. The second-order valence-corrected chi connectivity index (χ2v) is 3.57. The number of hydrogen-bond donors (Lipinski definition) is 2. The van der Waals surface area contributed by atoms with Gasteiger partial charge >= 0.3 is 0 Å². The molecule has 3 nitrogen and oxygen atoms in total. The van der Waals surface area contributed by atoms with Gasteiger partial charge in [-0.15, -0.1) is 0 Å². The molecule has 0 amide bonds. The summed E-state index contributed by atoms with van der Waals surface area (Å²) in [5, 5.41) is 0. The molecule has 1 atom stereocenters. The lowest BCUT2D eigenvalue weighted by Crippen LogP contribution is -2.17. The molecule has 0 bridgehead atoms. The number of rotatable bonds is 6. The minimum atomic E-state index is -0.587. The van der Waals surface area contributed by atoms with Crippen molar-refractivity contribution in [2.45, 2.75) is 19.4 Å². The number of benzene rings is 1. The Hall–Kier alpha value is -1.88. The van der Waals surface area contributed by atoms with E-state index in [0.29, 0.717) is 0 Å². The first-order chi connectivity index (χ1) is 8.67. The zero-order valence-corrected chi connectivity index (χ0v) is 10.1. The van der Waals surface area contributed by atoms with Crippen molar-refractivity contribution in [1.82, 2.24) is 5.43 Å². The van der Waals surface area contributed by atoms with E-state index in [0.717, 1.165) is 6.20 Å². The van der Waals surface area contributed by atoms with E-state index < -0.39 is 17.7 Å². The van der Waals surface area contributed by atoms with Gasteiger partial charge in [-0.3, -0.25) is 5.84 Å². The molecule has 0 saturated carbocycles. The Morgan fingerprint density at radius 2 is 2.22 bits per heavy atom. The lowest BCUT2D eigenvalue weighted by Gasteiger charge is -2.15. The van der Waals surface area contributed by atoms with Crippen molar-refractivity contribution in [1.29, 1.82) is 0 Å². The summed E-state index contributed by atoms with van der Waals surface area (Å²) in [6.07, 6.45) is 3.78. The molecule has 0 aliphatic carbocycles. The number of hydrazine groups is 1. The minimum absolute atomic E-state index is 0.0249. The molecule has 0 aliphatic heterocycles. The summed E-state index contributed by atoms with van der Waals surface area (Å²) in [6, 6.07) is 5.99. The van der Waals surface area contributed by atoms with Crippen molar-refractivity contribution >= 4 is 0 Å². The van der Waals surface area contributed by atoms with Gasteiger partial charge in [-0.1, -0.05) is 18.2 Å². The van der Waals surface area contributed by atoms with Crippen LogP contribution in [0.15, 0.2) is 48.4 Å². The fraction of sp³-hybridized carbons (Fsp3) is 0.231. The van der Waals surface area contributed by atoms with Gasteiger partial charge in [0.25, 0.3) is 0 Å². The molecule has 3 N–H and O–H groups in total. The van der Waals surface area contributed by atoms with E-state index in [9.17, 15) is 8.78 Å². The summed E-state index contributed by atoms with van der Waals surface area (Å²) >= 11 is 0. The van der Waals surface area contributed by atoms with Gasteiger partial charge in [-0.25, -0.2) is 8.78 Å². The molecule has 1 aromatic carbocycles. The Labute approximate surface area is 105 Å². The number of nitrogens with two attached hydrogens (primary N) is 1. The molecule has 5 heteroatoms. The SMILES string of the molecule is C/C=C/C(C/C(F)=C/NN)Oc1ccccc1F. The maximum atomic E-state index is 13.4. The van der Waals surface area contributed by atoms with Crippen LogP contribution in [-0.4, -0.2) is 6.10 Å². The third-order valence-corrected chi connectivity index (χ3v) is 2.16. The van der Waals surface area contributed by atoms with Crippen LogP contribution in [0.25, 0.3) is 0 Å². The van der Waals surface area contributed by atoms with E-state index in [1.165, 1.54) is 12.1 Å². The Balaban J connectivity index is 2.75. The van der Waals surface area contributed by atoms with E-state index in [-0.39, 0.29) is 12.2 Å². The second kappa shape index (κ2) is 7.45. The standard InChI is InChI=1S/C13H16F2N2O/c1-2-5-11(8-10(14)9-17-16)18-13-7-4-3-6-12(13)15/h2-7,9,11,17H,8,16H2,1H3/b5-2+,10-9-. The molecule has 1 rings (SSSR count). The van der Waals surface area contributed by atoms with Gasteiger partial charge in [-0.05, 0) is 25.1 Å². The van der Waals surface area contributed by atoms with Crippen LogP contribution in [0.1, 0.15) is 13.3 Å². The molecule has 0 saturated heterocycles. The summed E-state index contributed by atoms with van der Waals surface area (Å²) in [5.74, 6) is 4.11. The quantitative estimate of drug-likeness (QED) is 0.466. The van der Waals surface area contributed by atoms with Crippen LogP contribution >= 0.6 is 0 Å². The highest BCUT2D eigenvalue weighted by Crippen LogP contribution is 2.20. The van der Waals surface area contributed by atoms with Gasteiger partial charge in [0, 0.05) is 12.6 Å². The summed E-state index contributed by atoms with van der Waals surface area (Å²) in [5.41, 5.74) is 2.10. The molecule has 0 aromatic heterocycles. The van der Waals surface area contributed by atoms with Crippen LogP contribution in [0, 0.1) is 5.82 Å². The smallest absolute Gasteiger partial charge is 0.165 e. The fourth-order valence-electron chi connectivity index (χ4n) is 1.41. The molecule has 0 aliphatic rings. The maximum Gasteiger partial charge on any atom is 0.165 e. The normalized spacial score (nSPS) is 13.7. The largest absolute Gasteiger partial charge is 0.483 e. The van der Waals surface area contributed by atoms with Crippen molar-refractivity contribution in [2.24, 2.45) is 5.84 Å². The number of para-hydroxylation sites is 1. The van der Waals surface area contributed by atoms with Crippen molar-refractivity contribution in [2.75, 3.05) is 0 Å². The van der Waals surface area contributed by atoms with E-state index in [1.54, 1.807) is 31.2 Å². The van der Waals surface area contributed by atoms with Crippen molar-refractivity contribution < 1.29 is 13.5 Å². The first-order valence-corrected chi connectivity index (χ1v) is 5.52. The van der Waals surface area contributed by atoms with E-state index >= 15 is 0 Å². The van der Waals surface area contributed by atoms with Gasteiger partial charge in [0.05, 0.1) is 0 Å². The lowest BCUT2D eigenvalue weighted by atomic mass is 10.2. The molecule has 98 valence electrons. The highest BCUT2D eigenvalue weighted by atomic mass is 19.1. The molecule has 1 aromatic rings. The number of ether oxygens (including phenoxy) is 1. The topological polar surface area (TPSA) is 47.3 Å². The summed E-state index contributed by atoms with van der Waals surface area (Å²) in [4.78, 5) is 0. The van der Waals surface area contributed by atoms with Crippen LogP contribution in [0.4, 0.5) is 8.78 Å². The second-order valence-electron chi connectivity index (χ2n) is 3.57. The lowest BCUT2D eigenvalue weighted by molar-refractivity contribution is 0.229. The Kier molecular flexibility index (Phi) is 5.87. The first-order valence-electron chi connectivity index (χ1n) is 5.52. The monoisotopic (exact) mass is 254 g/mol. The molecular formula is C13H16F2N2O. The maximum absolute atomic E-state index is 13.4. The number of allylic oxidation sites excluding steroid dienone is 1. The van der Waals surface area contributed by atoms with Crippen LogP contribution in [0.3, 0.4) is 0 Å². The average Bonchev–Trinajstić information content (AvgIpc) is 2.32. The molecule has 0 radical (unpaired) electrons. The van der Waals surface area contributed by atoms with Gasteiger partial charge in [0.2, 0.25) is 0 Å². The number of nitrogens with one attached hydrogen (secondary N) is 1. The zero-order valence-electron chi connectivity index (χ0n) is 10.1. The van der Waals surface area contributed by atoms with Gasteiger partial charge in [0.1, 0.15) is 11.9 Å². The predicted molar refractivity (Wildman–Crippen MR) is 66.8 cm³/mol. The van der Waals surface area contributed by atoms with Crippen molar-refractivity contribution in [3.05, 3.63) is 54.3 Å². The molecule has 0 fully saturated rings. The van der Waals surface area contributed by atoms with Crippen LogP contribution in [-0.2, 0) is 0 Å². The van der Waals surface area contributed by atoms with Crippen LogP contribution in [0.2, 0.25) is 0 Å². The van der Waals surface area contributed by atoms with Crippen LogP contribution in [0.5, 0.6) is 5.75 Å². The summed E-state index contributed by atoms with van der Waals surface area (Å²) in [6.45, 7) is 1.78. The average molecular weight is 254 g/mol. The Morgan fingerprint density at radius 3 is 2.83 bits per heavy atom. The van der Waals surface area contributed by atoms with Gasteiger partial charge < -0.3 is 10.2 Å². The molecule has 0 heterocycles. The fourth-order valence-corrected chi connectivity index (χ4v) is 1.41. The van der Waals surface area contributed by atoms with Gasteiger partial charge in [-0.2, -0.15) is 0 Å². The highest BCUT2D eigenvalue weighted by molar-refractivity contribution is 5.24. The van der Waals surface area contributed by atoms with E-state index in [2.05, 4.69) is 5.43 Å². The first kappa shape index (κ1) is 14.2. The summed E-state index contributed by atoms with van der Waals surface area (Å²) < 4.78 is 32.1. The Morgan fingerprint density at radius 1 is 1.50 bits per heavy atom. The van der Waals surface area contributed by atoms with E-state index in [1.807, 2.05) is 0 Å². The number of halogens is 2.